The maximum Gasteiger partial charge on any atom is 0.254 e. The Balaban J connectivity index is 1.51. The van der Waals surface area contributed by atoms with Crippen molar-refractivity contribution >= 4 is 10.8 Å². The maximum absolute atomic E-state index is 5.87. The summed E-state index contributed by atoms with van der Waals surface area (Å²) in [6.07, 6.45) is 0. The van der Waals surface area contributed by atoms with Crippen LogP contribution in [0.5, 0.6) is 11.5 Å². The molecule has 0 amide bonds. The molecule has 0 aliphatic rings. The standard InChI is InChI=1S/C20H16N2O3/c1-23-16-11-9-15(10-12-16)20-22-21-19(25-20)13-24-18-8-4-6-14-5-2-3-7-17(14)18/h2-12H,13H2,1H3. The van der Waals surface area contributed by atoms with E-state index in [1.807, 2.05) is 54.6 Å². The minimum atomic E-state index is 0.219. The molecule has 0 atom stereocenters. The third-order valence-electron chi connectivity index (χ3n) is 3.90. The van der Waals surface area contributed by atoms with Gasteiger partial charge in [0.25, 0.3) is 5.89 Å². The Kier molecular flexibility index (Phi) is 4.04. The summed E-state index contributed by atoms with van der Waals surface area (Å²) in [7, 11) is 1.63. The summed E-state index contributed by atoms with van der Waals surface area (Å²) in [6, 6.07) is 21.5. The molecule has 1 aromatic heterocycles. The van der Waals surface area contributed by atoms with Gasteiger partial charge in [-0.2, -0.15) is 0 Å². The summed E-state index contributed by atoms with van der Waals surface area (Å²) in [6.45, 7) is 0.219. The van der Waals surface area contributed by atoms with Crippen molar-refractivity contribution in [3.05, 3.63) is 72.6 Å². The number of hydrogen-bond donors (Lipinski definition) is 0. The zero-order valence-electron chi connectivity index (χ0n) is 13.7. The summed E-state index contributed by atoms with van der Waals surface area (Å²) in [4.78, 5) is 0. The molecule has 0 unspecified atom stereocenters. The minimum Gasteiger partial charge on any atom is -0.497 e. The van der Waals surface area contributed by atoms with E-state index in [4.69, 9.17) is 13.9 Å². The van der Waals surface area contributed by atoms with Gasteiger partial charge in [0.05, 0.1) is 7.11 Å². The zero-order chi connectivity index (χ0) is 17.1. The van der Waals surface area contributed by atoms with Crippen molar-refractivity contribution in [3.8, 4) is 23.0 Å². The first-order valence-electron chi connectivity index (χ1n) is 7.91. The minimum absolute atomic E-state index is 0.219. The molecule has 0 aliphatic carbocycles. The fourth-order valence-electron chi connectivity index (χ4n) is 2.62. The molecule has 4 aromatic rings. The molecule has 0 aliphatic heterocycles. The summed E-state index contributed by atoms with van der Waals surface area (Å²) in [5, 5.41) is 10.3. The molecule has 25 heavy (non-hydrogen) atoms. The van der Waals surface area contributed by atoms with Crippen molar-refractivity contribution in [3.63, 3.8) is 0 Å². The van der Waals surface area contributed by atoms with Gasteiger partial charge in [-0.1, -0.05) is 36.4 Å². The highest BCUT2D eigenvalue weighted by Gasteiger charge is 2.10. The van der Waals surface area contributed by atoms with E-state index in [0.717, 1.165) is 27.8 Å². The number of hydrogen-bond acceptors (Lipinski definition) is 5. The second kappa shape index (κ2) is 6.65. The van der Waals surface area contributed by atoms with Gasteiger partial charge < -0.3 is 13.9 Å². The Morgan fingerprint density at radius 2 is 1.68 bits per heavy atom. The summed E-state index contributed by atoms with van der Waals surface area (Å²) in [5.41, 5.74) is 0.838. The molecular formula is C20H16N2O3. The lowest BCUT2D eigenvalue weighted by atomic mass is 10.1. The van der Waals surface area contributed by atoms with Crippen LogP contribution in [-0.4, -0.2) is 17.3 Å². The van der Waals surface area contributed by atoms with E-state index in [9.17, 15) is 0 Å². The highest BCUT2D eigenvalue weighted by molar-refractivity contribution is 5.88. The van der Waals surface area contributed by atoms with Gasteiger partial charge in [-0.3, -0.25) is 0 Å². The normalized spacial score (nSPS) is 10.8. The molecule has 5 nitrogen and oxygen atoms in total. The quantitative estimate of drug-likeness (QED) is 0.539. The molecule has 3 aromatic carbocycles. The SMILES string of the molecule is COc1ccc(-c2nnc(COc3cccc4ccccc34)o2)cc1. The van der Waals surface area contributed by atoms with Crippen molar-refractivity contribution in [2.24, 2.45) is 0 Å². The second-order valence-corrected chi connectivity index (χ2v) is 5.50. The van der Waals surface area contributed by atoms with E-state index in [1.54, 1.807) is 7.11 Å². The topological polar surface area (TPSA) is 57.4 Å². The molecule has 0 saturated carbocycles. The number of fused-ring (bicyclic) bond motifs is 1. The van der Waals surface area contributed by atoms with Crippen molar-refractivity contribution in [2.45, 2.75) is 6.61 Å². The number of aromatic nitrogens is 2. The number of benzene rings is 3. The number of ether oxygens (including phenoxy) is 2. The largest absolute Gasteiger partial charge is 0.497 e. The van der Waals surface area contributed by atoms with E-state index in [-0.39, 0.29) is 6.61 Å². The molecule has 0 bridgehead atoms. The van der Waals surface area contributed by atoms with Crippen LogP contribution in [0.1, 0.15) is 5.89 Å². The Morgan fingerprint density at radius 3 is 2.52 bits per heavy atom. The Morgan fingerprint density at radius 1 is 0.880 bits per heavy atom. The Bertz CT molecular complexity index is 988. The van der Waals surface area contributed by atoms with Gasteiger partial charge in [0.2, 0.25) is 5.89 Å². The van der Waals surface area contributed by atoms with Crippen LogP contribution in [0, 0.1) is 0 Å². The molecule has 0 N–H and O–H groups in total. The first-order valence-corrected chi connectivity index (χ1v) is 7.91. The average Bonchev–Trinajstić information content (AvgIpc) is 3.15. The van der Waals surface area contributed by atoms with E-state index >= 15 is 0 Å². The molecule has 1 heterocycles. The van der Waals surface area contributed by atoms with Crippen molar-refractivity contribution in [1.82, 2.24) is 10.2 Å². The molecule has 0 saturated heterocycles. The van der Waals surface area contributed by atoms with E-state index < -0.39 is 0 Å². The van der Waals surface area contributed by atoms with Crippen molar-refractivity contribution in [2.75, 3.05) is 7.11 Å². The predicted molar refractivity (Wildman–Crippen MR) is 94.6 cm³/mol. The van der Waals surface area contributed by atoms with Gasteiger partial charge >= 0.3 is 0 Å². The highest BCUT2D eigenvalue weighted by atomic mass is 16.5. The first kappa shape index (κ1) is 15.2. The van der Waals surface area contributed by atoms with Crippen LogP contribution in [0.15, 0.2) is 71.1 Å². The lowest BCUT2D eigenvalue weighted by Crippen LogP contribution is -1.96. The van der Waals surface area contributed by atoms with E-state index in [1.165, 1.54) is 0 Å². The summed E-state index contributed by atoms with van der Waals surface area (Å²) < 4.78 is 16.7. The number of methoxy groups -OCH3 is 1. The summed E-state index contributed by atoms with van der Waals surface area (Å²) in [5.74, 6) is 2.46. The van der Waals surface area contributed by atoms with Gasteiger partial charge in [-0.05, 0) is 35.7 Å². The van der Waals surface area contributed by atoms with Crippen LogP contribution in [0.3, 0.4) is 0 Å². The Labute approximate surface area is 144 Å². The van der Waals surface area contributed by atoms with Crippen LogP contribution in [0.25, 0.3) is 22.2 Å². The number of nitrogens with zero attached hydrogens (tertiary/aromatic N) is 2. The lowest BCUT2D eigenvalue weighted by molar-refractivity contribution is 0.267. The van der Waals surface area contributed by atoms with Crippen molar-refractivity contribution < 1.29 is 13.9 Å². The zero-order valence-corrected chi connectivity index (χ0v) is 13.7. The van der Waals surface area contributed by atoms with E-state index in [2.05, 4.69) is 22.3 Å². The average molecular weight is 332 g/mol. The van der Waals surface area contributed by atoms with Crippen LogP contribution < -0.4 is 9.47 Å². The molecule has 0 fully saturated rings. The molecule has 4 rings (SSSR count). The van der Waals surface area contributed by atoms with Gasteiger partial charge in [-0.25, -0.2) is 0 Å². The highest BCUT2D eigenvalue weighted by Crippen LogP contribution is 2.26. The fourth-order valence-corrected chi connectivity index (χ4v) is 2.62. The lowest BCUT2D eigenvalue weighted by Gasteiger charge is -2.07. The number of rotatable bonds is 5. The van der Waals surface area contributed by atoms with Crippen LogP contribution in [-0.2, 0) is 6.61 Å². The smallest absolute Gasteiger partial charge is 0.254 e. The third-order valence-corrected chi connectivity index (χ3v) is 3.90. The van der Waals surface area contributed by atoms with Crippen LogP contribution >= 0.6 is 0 Å². The van der Waals surface area contributed by atoms with Gasteiger partial charge in [0.1, 0.15) is 11.5 Å². The Hall–Kier alpha value is -3.34. The fraction of sp³-hybridized carbons (Fsp3) is 0.100. The van der Waals surface area contributed by atoms with E-state index in [0.29, 0.717) is 11.8 Å². The van der Waals surface area contributed by atoms with Crippen LogP contribution in [0.4, 0.5) is 0 Å². The molecule has 124 valence electrons. The molecule has 0 spiro atoms. The van der Waals surface area contributed by atoms with Gasteiger partial charge in [-0.15, -0.1) is 10.2 Å². The first-order chi connectivity index (χ1) is 12.3. The van der Waals surface area contributed by atoms with Crippen molar-refractivity contribution in [1.29, 1.82) is 0 Å². The third kappa shape index (κ3) is 3.17. The van der Waals surface area contributed by atoms with Crippen LogP contribution in [0.2, 0.25) is 0 Å². The van der Waals surface area contributed by atoms with Gasteiger partial charge in [0, 0.05) is 10.9 Å². The molecular weight excluding hydrogens is 316 g/mol. The second-order valence-electron chi connectivity index (χ2n) is 5.50. The predicted octanol–water partition coefficient (Wildman–Crippen LogP) is 4.48. The monoisotopic (exact) mass is 332 g/mol. The van der Waals surface area contributed by atoms with Gasteiger partial charge in [0.15, 0.2) is 6.61 Å². The summed E-state index contributed by atoms with van der Waals surface area (Å²) >= 11 is 0. The maximum atomic E-state index is 5.87. The molecule has 5 heteroatoms. The molecule has 0 radical (unpaired) electrons.